The molecule has 0 aliphatic heterocycles. The van der Waals surface area contributed by atoms with Crippen molar-refractivity contribution in [3.05, 3.63) is 98.6 Å². The predicted octanol–water partition coefficient (Wildman–Crippen LogP) is 7.24. The molecule has 0 fully saturated rings. The van der Waals surface area contributed by atoms with E-state index in [0.717, 1.165) is 18.8 Å². The molecule has 1 amide bonds. The third kappa shape index (κ3) is 6.82. The van der Waals surface area contributed by atoms with Crippen LogP contribution in [0, 0.1) is 28.6 Å². The second kappa shape index (κ2) is 11.8. The maximum absolute atomic E-state index is 12.6. The third-order valence-corrected chi connectivity index (χ3v) is 6.57. The predicted molar refractivity (Wildman–Crippen MR) is 148 cm³/mol. The lowest BCUT2D eigenvalue weighted by Crippen LogP contribution is -2.13. The molecule has 3 aromatic rings. The first-order valence-electron chi connectivity index (χ1n) is 9.41. The summed E-state index contributed by atoms with van der Waals surface area (Å²) in [5, 5.41) is 23.5. The van der Waals surface area contributed by atoms with E-state index in [9.17, 15) is 20.2 Å². The molecule has 172 valence electrons. The number of amides is 1. The molecule has 0 saturated carbocycles. The third-order valence-electron chi connectivity index (χ3n) is 4.40. The topological polar surface area (TPSA) is 105 Å². The van der Waals surface area contributed by atoms with Gasteiger partial charge >= 0.3 is 0 Å². The number of carbonyl (C=O) groups is 1. The number of nitrogens with zero attached hydrogens (tertiary/aromatic N) is 2. The van der Waals surface area contributed by atoms with Crippen molar-refractivity contribution < 1.29 is 14.5 Å². The number of non-ortho nitro benzene ring substituents is 1. The molecule has 0 heterocycles. The monoisotopic (exact) mass is 719 g/mol. The van der Waals surface area contributed by atoms with Gasteiger partial charge in [0.15, 0.2) is 0 Å². The summed E-state index contributed by atoms with van der Waals surface area (Å²) in [5.74, 6) is 0.000236. The zero-order valence-corrected chi connectivity index (χ0v) is 22.8. The van der Waals surface area contributed by atoms with E-state index in [1.165, 1.54) is 18.2 Å². The van der Waals surface area contributed by atoms with Crippen molar-refractivity contribution in [3.63, 3.8) is 0 Å². The van der Waals surface area contributed by atoms with Crippen molar-refractivity contribution >= 4 is 91.7 Å². The van der Waals surface area contributed by atoms with Crippen LogP contribution in [-0.2, 0) is 11.4 Å². The van der Waals surface area contributed by atoms with E-state index in [1.807, 2.05) is 18.2 Å². The van der Waals surface area contributed by atoms with Gasteiger partial charge in [0, 0.05) is 17.2 Å². The summed E-state index contributed by atoms with van der Waals surface area (Å²) in [6, 6.07) is 16.5. The Morgan fingerprint density at radius 3 is 2.32 bits per heavy atom. The van der Waals surface area contributed by atoms with Crippen molar-refractivity contribution in [2.45, 2.75) is 6.61 Å². The summed E-state index contributed by atoms with van der Waals surface area (Å²) in [6.45, 7) is 0.361. The first-order valence-corrected chi connectivity index (χ1v) is 12.3. The molecule has 0 aliphatic carbocycles. The van der Waals surface area contributed by atoms with E-state index in [0.29, 0.717) is 22.9 Å². The molecular weight excluding hydrogens is 707 g/mol. The summed E-state index contributed by atoms with van der Waals surface area (Å²) in [4.78, 5) is 22.9. The largest absolute Gasteiger partial charge is 0.487 e. The number of benzene rings is 3. The second-order valence-corrected chi connectivity index (χ2v) is 9.94. The number of nitro groups is 1. The van der Waals surface area contributed by atoms with Crippen LogP contribution in [0.15, 0.2) is 60.2 Å². The number of rotatable bonds is 7. The molecule has 34 heavy (non-hydrogen) atoms. The number of ether oxygens (including phenoxy) is 1. The van der Waals surface area contributed by atoms with Gasteiger partial charge < -0.3 is 10.1 Å². The van der Waals surface area contributed by atoms with Gasteiger partial charge in [-0.3, -0.25) is 14.9 Å². The molecule has 7 nitrogen and oxygen atoms in total. The van der Waals surface area contributed by atoms with E-state index in [2.05, 4.69) is 50.5 Å². The van der Waals surface area contributed by atoms with Gasteiger partial charge in [-0.1, -0.05) is 35.3 Å². The molecule has 3 rings (SSSR count). The van der Waals surface area contributed by atoms with Gasteiger partial charge in [0.2, 0.25) is 0 Å². The molecule has 0 bridgehead atoms. The molecule has 0 saturated heterocycles. The minimum Gasteiger partial charge on any atom is -0.487 e. The molecule has 0 atom stereocenters. The lowest BCUT2D eigenvalue weighted by atomic mass is 10.1. The van der Waals surface area contributed by atoms with Crippen LogP contribution in [0.5, 0.6) is 5.75 Å². The van der Waals surface area contributed by atoms with Crippen molar-refractivity contribution in [2.24, 2.45) is 0 Å². The van der Waals surface area contributed by atoms with E-state index in [-0.39, 0.29) is 22.0 Å². The molecule has 0 unspecified atom stereocenters. The second-order valence-electron chi connectivity index (χ2n) is 6.77. The van der Waals surface area contributed by atoms with Gasteiger partial charge in [-0.15, -0.1) is 0 Å². The fourth-order valence-electron chi connectivity index (χ4n) is 2.76. The van der Waals surface area contributed by atoms with Crippen LogP contribution in [0.4, 0.5) is 11.4 Å². The highest BCUT2D eigenvalue weighted by atomic mass is 127. The Hall–Kier alpha value is -2.40. The number of nitro benzene ring substituents is 1. The van der Waals surface area contributed by atoms with Gasteiger partial charge in [0.05, 0.1) is 22.8 Å². The normalized spacial score (nSPS) is 11.0. The zero-order valence-electron chi connectivity index (χ0n) is 17.0. The quantitative estimate of drug-likeness (QED) is 0.0912. The zero-order chi connectivity index (χ0) is 24.8. The van der Waals surface area contributed by atoms with Crippen LogP contribution in [0.2, 0.25) is 10.0 Å². The Bertz CT molecular complexity index is 1320. The molecule has 0 aliphatic rings. The maximum atomic E-state index is 12.6. The van der Waals surface area contributed by atoms with E-state index in [1.54, 1.807) is 24.3 Å². The molecule has 0 spiro atoms. The molecule has 0 aromatic heterocycles. The Balaban J connectivity index is 1.77. The van der Waals surface area contributed by atoms with E-state index < -0.39 is 10.8 Å². The van der Waals surface area contributed by atoms with Gasteiger partial charge in [-0.2, -0.15) is 5.26 Å². The number of nitriles is 1. The molecule has 3 aromatic carbocycles. The number of carbonyl (C=O) groups excluding carboxylic acids is 1. The Kier molecular flexibility index (Phi) is 9.12. The van der Waals surface area contributed by atoms with Crippen LogP contribution in [0.25, 0.3) is 6.08 Å². The van der Waals surface area contributed by atoms with Crippen molar-refractivity contribution in [2.75, 3.05) is 5.32 Å². The fraction of sp³-hybridized carbons (Fsp3) is 0.0435. The summed E-state index contributed by atoms with van der Waals surface area (Å²) < 4.78 is 7.57. The van der Waals surface area contributed by atoms with Crippen LogP contribution < -0.4 is 10.1 Å². The lowest BCUT2D eigenvalue weighted by Gasteiger charge is -2.12. The summed E-state index contributed by atoms with van der Waals surface area (Å²) >= 11 is 16.2. The highest BCUT2D eigenvalue weighted by molar-refractivity contribution is 14.1. The Morgan fingerprint density at radius 1 is 1.12 bits per heavy atom. The van der Waals surface area contributed by atoms with Crippen LogP contribution in [-0.4, -0.2) is 10.8 Å². The van der Waals surface area contributed by atoms with Gasteiger partial charge in [-0.25, -0.2) is 0 Å². The van der Waals surface area contributed by atoms with Gasteiger partial charge in [0.25, 0.3) is 11.6 Å². The fourth-order valence-corrected chi connectivity index (χ4v) is 5.24. The SMILES string of the molecule is N#C/C(=C\c1cc(I)c(OCc2ccc(Cl)cc2)c(I)c1)C(=O)Nc1ccc([N+](=O)[O-])cc1Cl. The Morgan fingerprint density at radius 2 is 1.76 bits per heavy atom. The molecule has 1 N–H and O–H groups in total. The number of hydrogen-bond donors (Lipinski definition) is 1. The summed E-state index contributed by atoms with van der Waals surface area (Å²) in [5.41, 5.74) is 1.40. The number of anilines is 1. The first-order chi connectivity index (χ1) is 16.2. The minimum absolute atomic E-state index is 0.00822. The highest BCUT2D eigenvalue weighted by Crippen LogP contribution is 2.31. The molecule has 0 radical (unpaired) electrons. The highest BCUT2D eigenvalue weighted by Gasteiger charge is 2.16. The van der Waals surface area contributed by atoms with Crippen LogP contribution in [0.1, 0.15) is 11.1 Å². The average molecular weight is 720 g/mol. The summed E-state index contributed by atoms with van der Waals surface area (Å²) in [6.07, 6.45) is 1.45. The lowest BCUT2D eigenvalue weighted by molar-refractivity contribution is -0.384. The van der Waals surface area contributed by atoms with Crippen molar-refractivity contribution in [1.82, 2.24) is 0 Å². The van der Waals surface area contributed by atoms with E-state index in [4.69, 9.17) is 27.9 Å². The maximum Gasteiger partial charge on any atom is 0.271 e. The van der Waals surface area contributed by atoms with Gasteiger partial charge in [0.1, 0.15) is 24.0 Å². The first kappa shape index (κ1) is 26.2. The number of nitrogens with one attached hydrogen (secondary N) is 1. The van der Waals surface area contributed by atoms with Crippen molar-refractivity contribution in [3.8, 4) is 11.8 Å². The van der Waals surface area contributed by atoms with Crippen LogP contribution in [0.3, 0.4) is 0 Å². The number of halogens is 4. The average Bonchev–Trinajstić information content (AvgIpc) is 2.79. The van der Waals surface area contributed by atoms with E-state index >= 15 is 0 Å². The Labute approximate surface area is 232 Å². The smallest absolute Gasteiger partial charge is 0.271 e. The standard InChI is InChI=1S/C23H13Cl2I2N3O4/c24-16-3-1-13(2-4-16)12-34-22-19(26)8-14(9-20(22)27)7-15(11-28)23(31)29-21-6-5-17(30(32)33)10-18(21)25/h1-10H,12H2,(H,29,31)/b15-7+. The van der Waals surface area contributed by atoms with Crippen molar-refractivity contribution in [1.29, 1.82) is 5.26 Å². The van der Waals surface area contributed by atoms with Gasteiger partial charge in [-0.05, 0) is 92.7 Å². The minimum atomic E-state index is -0.689. The van der Waals surface area contributed by atoms with Crippen LogP contribution >= 0.6 is 68.4 Å². The molecule has 11 heteroatoms. The number of hydrogen-bond acceptors (Lipinski definition) is 5. The molecular formula is C23H13Cl2I2N3O4. The summed E-state index contributed by atoms with van der Waals surface area (Å²) in [7, 11) is 0.